The Bertz CT molecular complexity index is 350. The molecule has 0 bridgehead atoms. The standard InChI is InChI=1S/C15H28N2O4/c1-5-9-15(10-6-2)12(11-20-13(15)18)16-14(19)21-17(7-3)8-4/h12H,5-11H2,1-4H3,(H,16,19)/t12-/m1/s1. The third-order valence-electron chi connectivity index (χ3n) is 4.06. The Balaban J connectivity index is 2.75. The van der Waals surface area contributed by atoms with Crippen molar-refractivity contribution in [1.29, 1.82) is 0 Å². The Morgan fingerprint density at radius 1 is 1.29 bits per heavy atom. The first-order valence-electron chi connectivity index (χ1n) is 7.94. The average Bonchev–Trinajstić information content (AvgIpc) is 2.75. The highest BCUT2D eigenvalue weighted by molar-refractivity contribution is 5.81. The van der Waals surface area contributed by atoms with Crippen LogP contribution in [0.1, 0.15) is 53.4 Å². The fourth-order valence-electron chi connectivity index (χ4n) is 2.99. The van der Waals surface area contributed by atoms with Gasteiger partial charge in [-0.1, -0.05) is 26.7 Å². The summed E-state index contributed by atoms with van der Waals surface area (Å²) < 4.78 is 5.22. The van der Waals surface area contributed by atoms with Crippen molar-refractivity contribution in [3.05, 3.63) is 0 Å². The van der Waals surface area contributed by atoms with Crippen molar-refractivity contribution < 1.29 is 19.2 Å². The molecule has 1 N–H and O–H groups in total. The third-order valence-corrected chi connectivity index (χ3v) is 4.06. The first-order chi connectivity index (χ1) is 10.0. The molecule has 0 aliphatic carbocycles. The van der Waals surface area contributed by atoms with Gasteiger partial charge >= 0.3 is 12.1 Å². The molecule has 1 rings (SSSR count). The predicted octanol–water partition coefficient (Wildman–Crippen LogP) is 2.48. The molecule has 0 aromatic rings. The molecule has 1 fully saturated rings. The van der Waals surface area contributed by atoms with E-state index in [1.807, 2.05) is 27.7 Å². The van der Waals surface area contributed by atoms with Crippen LogP contribution in [-0.4, -0.2) is 42.9 Å². The van der Waals surface area contributed by atoms with Gasteiger partial charge in [0.25, 0.3) is 0 Å². The first kappa shape index (κ1) is 17.8. The maximum atomic E-state index is 12.2. The quantitative estimate of drug-likeness (QED) is 0.551. The number of amides is 1. The Hall–Kier alpha value is -1.30. The molecule has 0 aromatic carbocycles. The van der Waals surface area contributed by atoms with Gasteiger partial charge < -0.3 is 14.9 Å². The number of nitrogens with zero attached hydrogens (tertiary/aromatic N) is 1. The van der Waals surface area contributed by atoms with E-state index in [9.17, 15) is 9.59 Å². The maximum absolute atomic E-state index is 12.2. The van der Waals surface area contributed by atoms with Gasteiger partial charge in [0.2, 0.25) is 0 Å². The fourth-order valence-corrected chi connectivity index (χ4v) is 2.99. The molecule has 1 aliphatic rings. The van der Waals surface area contributed by atoms with Crippen LogP contribution in [0.25, 0.3) is 0 Å². The molecule has 0 spiro atoms. The average molecular weight is 300 g/mol. The first-order valence-corrected chi connectivity index (χ1v) is 7.94. The van der Waals surface area contributed by atoms with Gasteiger partial charge in [-0.05, 0) is 26.7 Å². The number of hydrogen-bond acceptors (Lipinski definition) is 5. The second-order valence-corrected chi connectivity index (χ2v) is 5.44. The Labute approximate surface area is 127 Å². The molecule has 0 saturated carbocycles. The SMILES string of the molecule is CCCC1(CCC)C(=O)OC[C@H]1NC(=O)ON(CC)CC. The fraction of sp³-hybridized carbons (Fsp3) is 0.867. The molecule has 6 nitrogen and oxygen atoms in total. The summed E-state index contributed by atoms with van der Waals surface area (Å²) in [5.74, 6) is -0.195. The lowest BCUT2D eigenvalue weighted by Gasteiger charge is -2.31. The summed E-state index contributed by atoms with van der Waals surface area (Å²) in [6.45, 7) is 9.38. The maximum Gasteiger partial charge on any atom is 0.426 e. The molecule has 1 heterocycles. The molecule has 0 aromatic heterocycles. The van der Waals surface area contributed by atoms with Gasteiger partial charge in [-0.25, -0.2) is 4.79 Å². The largest absolute Gasteiger partial charge is 0.463 e. The zero-order valence-electron chi connectivity index (χ0n) is 13.6. The number of nitrogens with one attached hydrogen (secondary N) is 1. The highest BCUT2D eigenvalue weighted by Gasteiger charge is 2.51. The summed E-state index contributed by atoms with van der Waals surface area (Å²) in [6, 6.07) is -0.312. The minimum Gasteiger partial charge on any atom is -0.463 e. The van der Waals surface area contributed by atoms with E-state index in [0.717, 1.165) is 25.7 Å². The van der Waals surface area contributed by atoms with Crippen molar-refractivity contribution in [2.75, 3.05) is 19.7 Å². The van der Waals surface area contributed by atoms with Crippen LogP contribution in [0.15, 0.2) is 0 Å². The lowest BCUT2D eigenvalue weighted by Crippen LogP contribution is -2.49. The van der Waals surface area contributed by atoms with Crippen molar-refractivity contribution >= 4 is 12.1 Å². The molecule has 1 atom stereocenters. The molecular weight excluding hydrogens is 272 g/mol. The van der Waals surface area contributed by atoms with E-state index in [-0.39, 0.29) is 18.6 Å². The minimum atomic E-state index is -0.605. The van der Waals surface area contributed by atoms with Crippen LogP contribution in [0.4, 0.5) is 4.79 Å². The summed E-state index contributed by atoms with van der Waals surface area (Å²) in [7, 11) is 0. The van der Waals surface area contributed by atoms with Crippen molar-refractivity contribution in [1.82, 2.24) is 10.4 Å². The second kappa shape index (κ2) is 8.22. The number of ether oxygens (including phenoxy) is 1. The molecule has 1 saturated heterocycles. The van der Waals surface area contributed by atoms with Crippen molar-refractivity contribution in [3.63, 3.8) is 0 Å². The van der Waals surface area contributed by atoms with Crippen LogP contribution in [0.3, 0.4) is 0 Å². The van der Waals surface area contributed by atoms with E-state index in [4.69, 9.17) is 9.57 Å². The summed E-state index contributed by atoms with van der Waals surface area (Å²) >= 11 is 0. The van der Waals surface area contributed by atoms with Crippen molar-refractivity contribution in [3.8, 4) is 0 Å². The van der Waals surface area contributed by atoms with Crippen molar-refractivity contribution in [2.24, 2.45) is 5.41 Å². The van der Waals surface area contributed by atoms with Crippen LogP contribution in [0.2, 0.25) is 0 Å². The van der Waals surface area contributed by atoms with Gasteiger partial charge in [0.05, 0.1) is 11.5 Å². The molecule has 0 unspecified atom stereocenters. The van der Waals surface area contributed by atoms with Gasteiger partial charge in [-0.3, -0.25) is 4.79 Å². The van der Waals surface area contributed by atoms with Gasteiger partial charge in [0.1, 0.15) is 6.61 Å². The van der Waals surface area contributed by atoms with Crippen LogP contribution < -0.4 is 5.32 Å². The molecule has 1 aliphatic heterocycles. The smallest absolute Gasteiger partial charge is 0.426 e. The molecule has 122 valence electrons. The molecule has 1 amide bonds. The van der Waals surface area contributed by atoms with Gasteiger partial charge in [-0.2, -0.15) is 0 Å². The summed E-state index contributed by atoms with van der Waals surface area (Å²) in [5, 5.41) is 4.38. The van der Waals surface area contributed by atoms with Crippen LogP contribution in [-0.2, 0) is 14.4 Å². The van der Waals surface area contributed by atoms with Crippen LogP contribution in [0.5, 0.6) is 0 Å². The van der Waals surface area contributed by atoms with Crippen molar-refractivity contribution in [2.45, 2.75) is 59.4 Å². The minimum absolute atomic E-state index is 0.195. The van der Waals surface area contributed by atoms with E-state index >= 15 is 0 Å². The van der Waals surface area contributed by atoms with E-state index in [1.54, 1.807) is 5.06 Å². The molecule has 6 heteroatoms. The number of hydrogen-bond donors (Lipinski definition) is 1. The number of carbonyl (C=O) groups excluding carboxylic acids is 2. The number of esters is 1. The lowest BCUT2D eigenvalue weighted by atomic mass is 9.75. The number of cyclic esters (lactones) is 1. The third kappa shape index (κ3) is 4.09. The zero-order chi connectivity index (χ0) is 15.9. The summed E-state index contributed by atoms with van der Waals surface area (Å²) in [4.78, 5) is 29.4. The van der Waals surface area contributed by atoms with E-state index in [2.05, 4.69) is 5.32 Å². The molecule has 0 radical (unpaired) electrons. The Kier molecular flexibility index (Phi) is 6.95. The van der Waals surface area contributed by atoms with Crippen LogP contribution >= 0.6 is 0 Å². The molecular formula is C15H28N2O4. The number of hydroxylamine groups is 2. The second-order valence-electron chi connectivity index (χ2n) is 5.44. The number of carbonyl (C=O) groups is 2. The van der Waals surface area contributed by atoms with E-state index < -0.39 is 11.5 Å². The highest BCUT2D eigenvalue weighted by atomic mass is 16.7. The van der Waals surface area contributed by atoms with Crippen LogP contribution in [0, 0.1) is 5.41 Å². The monoisotopic (exact) mass is 300 g/mol. The number of rotatable bonds is 8. The molecule has 21 heavy (non-hydrogen) atoms. The van der Waals surface area contributed by atoms with E-state index in [1.165, 1.54) is 0 Å². The summed E-state index contributed by atoms with van der Waals surface area (Å²) in [5.41, 5.74) is -0.605. The topological polar surface area (TPSA) is 67.9 Å². The predicted molar refractivity (Wildman–Crippen MR) is 79.5 cm³/mol. The Morgan fingerprint density at radius 3 is 2.33 bits per heavy atom. The zero-order valence-corrected chi connectivity index (χ0v) is 13.6. The van der Waals surface area contributed by atoms with Gasteiger partial charge in [0, 0.05) is 13.1 Å². The lowest BCUT2D eigenvalue weighted by molar-refractivity contribution is -0.147. The van der Waals surface area contributed by atoms with Gasteiger partial charge in [0.15, 0.2) is 0 Å². The summed E-state index contributed by atoms with van der Waals surface area (Å²) in [6.07, 6.45) is 2.67. The van der Waals surface area contributed by atoms with Gasteiger partial charge in [-0.15, -0.1) is 5.06 Å². The normalized spacial score (nSPS) is 20.4. The van der Waals surface area contributed by atoms with E-state index in [0.29, 0.717) is 13.1 Å². The highest BCUT2D eigenvalue weighted by Crippen LogP contribution is 2.39. The Morgan fingerprint density at radius 2 is 1.86 bits per heavy atom.